The third kappa shape index (κ3) is 3.92. The van der Waals surface area contributed by atoms with Crippen LogP contribution in [-0.2, 0) is 0 Å². The van der Waals surface area contributed by atoms with Gasteiger partial charge in [-0.2, -0.15) is 5.10 Å². The van der Waals surface area contributed by atoms with Gasteiger partial charge in [0.2, 0.25) is 0 Å². The number of carbonyl (C=O) groups is 1. The van der Waals surface area contributed by atoms with E-state index in [1.165, 1.54) is 11.6 Å². The van der Waals surface area contributed by atoms with Gasteiger partial charge in [0, 0.05) is 0 Å². The number of para-hydroxylation sites is 1. The van der Waals surface area contributed by atoms with Gasteiger partial charge in [-0.1, -0.05) is 50.2 Å². The van der Waals surface area contributed by atoms with Crippen molar-refractivity contribution < 1.29 is 9.90 Å². The molecule has 0 aromatic heterocycles. The average Bonchev–Trinajstić information content (AvgIpc) is 2.48. The monoisotopic (exact) mass is 282 g/mol. The molecule has 4 nitrogen and oxygen atoms in total. The van der Waals surface area contributed by atoms with Crippen LogP contribution in [-0.4, -0.2) is 17.3 Å². The number of hydrogen-bond acceptors (Lipinski definition) is 3. The van der Waals surface area contributed by atoms with Gasteiger partial charge in [0.1, 0.15) is 0 Å². The van der Waals surface area contributed by atoms with Gasteiger partial charge in [-0.15, -0.1) is 0 Å². The molecule has 2 aromatic carbocycles. The predicted molar refractivity (Wildman–Crippen MR) is 85.1 cm³/mol. The lowest BCUT2D eigenvalue weighted by molar-refractivity contribution is 0.0698. The molecule has 0 atom stereocenters. The van der Waals surface area contributed by atoms with Gasteiger partial charge < -0.3 is 5.11 Å². The lowest BCUT2D eigenvalue weighted by atomic mass is 10.0. The van der Waals surface area contributed by atoms with Gasteiger partial charge in [0.15, 0.2) is 0 Å². The van der Waals surface area contributed by atoms with Crippen LogP contribution in [0.4, 0.5) is 5.69 Å². The topological polar surface area (TPSA) is 61.7 Å². The van der Waals surface area contributed by atoms with Crippen molar-refractivity contribution in [3.63, 3.8) is 0 Å². The number of nitrogens with zero attached hydrogens (tertiary/aromatic N) is 1. The van der Waals surface area contributed by atoms with Gasteiger partial charge in [0.25, 0.3) is 0 Å². The highest BCUT2D eigenvalue weighted by Crippen LogP contribution is 2.15. The summed E-state index contributed by atoms with van der Waals surface area (Å²) in [5, 5.41) is 13.2. The molecular weight excluding hydrogens is 264 g/mol. The van der Waals surface area contributed by atoms with Crippen molar-refractivity contribution in [3.8, 4) is 0 Å². The molecular formula is C17H18N2O2. The zero-order valence-corrected chi connectivity index (χ0v) is 12.1. The molecule has 0 spiro atoms. The fraction of sp³-hybridized carbons (Fsp3) is 0.176. The zero-order valence-electron chi connectivity index (χ0n) is 12.1. The van der Waals surface area contributed by atoms with E-state index in [0.717, 1.165) is 5.56 Å². The van der Waals surface area contributed by atoms with Gasteiger partial charge in [-0.25, -0.2) is 4.79 Å². The minimum absolute atomic E-state index is 0.199. The molecule has 0 bridgehead atoms. The molecule has 108 valence electrons. The highest BCUT2D eigenvalue weighted by molar-refractivity contribution is 5.94. The second kappa shape index (κ2) is 6.70. The molecule has 0 unspecified atom stereocenters. The van der Waals surface area contributed by atoms with Crippen molar-refractivity contribution in [2.45, 2.75) is 19.8 Å². The molecule has 0 saturated carbocycles. The Bertz CT molecular complexity index is 646. The van der Waals surface area contributed by atoms with E-state index in [-0.39, 0.29) is 5.56 Å². The molecule has 0 aliphatic rings. The van der Waals surface area contributed by atoms with Crippen LogP contribution in [0.3, 0.4) is 0 Å². The Morgan fingerprint density at radius 2 is 1.81 bits per heavy atom. The summed E-state index contributed by atoms with van der Waals surface area (Å²) in [6, 6.07) is 14.8. The van der Waals surface area contributed by atoms with Crippen LogP contribution >= 0.6 is 0 Å². The SMILES string of the molecule is CC(C)c1ccc(C=NNc2ccccc2C(=O)O)cc1. The Hall–Kier alpha value is -2.62. The number of hydrazone groups is 1. The fourth-order valence-electron chi connectivity index (χ4n) is 1.91. The number of hydrogen-bond donors (Lipinski definition) is 2. The first-order valence-electron chi connectivity index (χ1n) is 6.79. The first-order chi connectivity index (χ1) is 10.1. The van der Waals surface area contributed by atoms with Crippen LogP contribution in [0, 0.1) is 0 Å². The summed E-state index contributed by atoms with van der Waals surface area (Å²) in [5.74, 6) is -0.480. The molecule has 0 fully saturated rings. The lowest BCUT2D eigenvalue weighted by Gasteiger charge is -2.05. The number of carboxylic acids is 1. The van der Waals surface area contributed by atoms with Crippen molar-refractivity contribution in [2.24, 2.45) is 5.10 Å². The summed E-state index contributed by atoms with van der Waals surface area (Å²) in [6.07, 6.45) is 1.67. The van der Waals surface area contributed by atoms with Gasteiger partial charge in [-0.05, 0) is 29.2 Å². The number of benzene rings is 2. The van der Waals surface area contributed by atoms with E-state index in [9.17, 15) is 4.79 Å². The molecule has 0 aliphatic heterocycles. The number of carboxylic acid groups (broad SMARTS) is 1. The Morgan fingerprint density at radius 3 is 2.43 bits per heavy atom. The number of nitrogens with one attached hydrogen (secondary N) is 1. The van der Waals surface area contributed by atoms with Crippen molar-refractivity contribution in [1.29, 1.82) is 0 Å². The summed E-state index contributed by atoms with van der Waals surface area (Å²) in [5.41, 5.74) is 5.67. The molecule has 21 heavy (non-hydrogen) atoms. The van der Waals surface area contributed by atoms with Crippen molar-refractivity contribution in [2.75, 3.05) is 5.43 Å². The Morgan fingerprint density at radius 1 is 1.14 bits per heavy atom. The molecule has 0 heterocycles. The zero-order chi connectivity index (χ0) is 15.2. The summed E-state index contributed by atoms with van der Waals surface area (Å²) >= 11 is 0. The van der Waals surface area contributed by atoms with Crippen LogP contribution in [0.15, 0.2) is 53.6 Å². The largest absolute Gasteiger partial charge is 0.478 e. The molecule has 0 radical (unpaired) electrons. The highest BCUT2D eigenvalue weighted by Gasteiger charge is 2.07. The van der Waals surface area contributed by atoms with E-state index < -0.39 is 5.97 Å². The Kier molecular flexibility index (Phi) is 4.72. The normalized spacial score (nSPS) is 11.0. The number of anilines is 1. The maximum Gasteiger partial charge on any atom is 0.337 e. The molecule has 0 aliphatic carbocycles. The van der Waals surface area contributed by atoms with E-state index >= 15 is 0 Å². The molecule has 0 amide bonds. The van der Waals surface area contributed by atoms with E-state index in [4.69, 9.17) is 5.11 Å². The van der Waals surface area contributed by atoms with Crippen LogP contribution in [0.25, 0.3) is 0 Å². The minimum atomic E-state index is -0.977. The number of rotatable bonds is 5. The van der Waals surface area contributed by atoms with Gasteiger partial charge >= 0.3 is 5.97 Å². The van der Waals surface area contributed by atoms with Crippen molar-refractivity contribution >= 4 is 17.9 Å². The summed E-state index contributed by atoms with van der Waals surface area (Å²) in [7, 11) is 0. The number of aromatic carboxylic acids is 1. The summed E-state index contributed by atoms with van der Waals surface area (Å²) in [4.78, 5) is 11.1. The van der Waals surface area contributed by atoms with Crippen LogP contribution in [0.2, 0.25) is 0 Å². The molecule has 2 rings (SSSR count). The standard InChI is InChI=1S/C17H18N2O2/c1-12(2)14-9-7-13(8-10-14)11-18-19-16-6-4-3-5-15(16)17(20)21/h3-12,19H,1-2H3,(H,20,21). The molecule has 2 aromatic rings. The van der Waals surface area contributed by atoms with Crippen molar-refractivity contribution in [1.82, 2.24) is 0 Å². The fourth-order valence-corrected chi connectivity index (χ4v) is 1.91. The van der Waals surface area contributed by atoms with E-state index in [0.29, 0.717) is 11.6 Å². The van der Waals surface area contributed by atoms with Crippen molar-refractivity contribution in [3.05, 3.63) is 65.2 Å². The quantitative estimate of drug-likeness (QED) is 0.644. The summed E-state index contributed by atoms with van der Waals surface area (Å²) < 4.78 is 0. The smallest absolute Gasteiger partial charge is 0.337 e. The highest BCUT2D eigenvalue weighted by atomic mass is 16.4. The van der Waals surface area contributed by atoms with E-state index in [1.807, 2.05) is 12.1 Å². The van der Waals surface area contributed by atoms with Gasteiger partial charge in [0.05, 0.1) is 17.5 Å². The first-order valence-corrected chi connectivity index (χ1v) is 6.79. The van der Waals surface area contributed by atoms with Crippen LogP contribution < -0.4 is 5.43 Å². The van der Waals surface area contributed by atoms with E-state index in [2.05, 4.69) is 36.5 Å². The van der Waals surface area contributed by atoms with Crippen LogP contribution in [0.1, 0.15) is 41.3 Å². The molecule has 2 N–H and O–H groups in total. The maximum absolute atomic E-state index is 11.1. The summed E-state index contributed by atoms with van der Waals surface area (Å²) in [6.45, 7) is 4.29. The average molecular weight is 282 g/mol. The maximum atomic E-state index is 11.1. The predicted octanol–water partition coefficient (Wildman–Crippen LogP) is 3.95. The Balaban J connectivity index is 2.07. The Labute approximate surface area is 124 Å². The molecule has 4 heteroatoms. The third-order valence-corrected chi connectivity index (χ3v) is 3.16. The lowest BCUT2D eigenvalue weighted by Crippen LogP contribution is -2.02. The van der Waals surface area contributed by atoms with E-state index in [1.54, 1.807) is 24.4 Å². The minimum Gasteiger partial charge on any atom is -0.478 e. The first kappa shape index (κ1) is 14.8. The second-order valence-electron chi connectivity index (χ2n) is 5.04. The third-order valence-electron chi connectivity index (χ3n) is 3.16. The molecule has 0 saturated heterocycles. The van der Waals surface area contributed by atoms with Crippen LogP contribution in [0.5, 0.6) is 0 Å². The second-order valence-corrected chi connectivity index (χ2v) is 5.04. The van der Waals surface area contributed by atoms with Gasteiger partial charge in [-0.3, -0.25) is 5.43 Å².